The van der Waals surface area contributed by atoms with Crippen LogP contribution >= 0.6 is 24.8 Å². The number of halogens is 2. The van der Waals surface area contributed by atoms with Gasteiger partial charge in [0.15, 0.2) is 0 Å². The summed E-state index contributed by atoms with van der Waals surface area (Å²) in [6, 6.07) is 10.5. The SMILES string of the molecule is Cl.Cl.NC1C2CCC(C2)C1C(=O)NCc1nccn1CCc1ccccc1. The molecule has 4 rings (SSSR count). The fourth-order valence-corrected chi connectivity index (χ4v) is 4.61. The number of nitrogens with zero attached hydrogens (tertiary/aromatic N) is 2. The molecule has 7 heteroatoms. The van der Waals surface area contributed by atoms with Crippen LogP contribution in [0.2, 0.25) is 0 Å². The Hall–Kier alpha value is -1.56. The minimum absolute atomic E-state index is 0. The maximum atomic E-state index is 12.6. The van der Waals surface area contributed by atoms with Gasteiger partial charge in [0.1, 0.15) is 5.82 Å². The largest absolute Gasteiger partial charge is 0.349 e. The van der Waals surface area contributed by atoms with Gasteiger partial charge in [-0.2, -0.15) is 0 Å². The second-order valence-corrected chi connectivity index (χ2v) is 7.43. The number of aryl methyl sites for hydroxylation is 2. The Bertz CT molecular complexity index is 735. The van der Waals surface area contributed by atoms with Gasteiger partial charge in [0.25, 0.3) is 0 Å². The molecule has 0 aliphatic heterocycles. The van der Waals surface area contributed by atoms with E-state index in [-0.39, 0.29) is 42.7 Å². The number of amides is 1. The van der Waals surface area contributed by atoms with Crippen LogP contribution in [0.3, 0.4) is 0 Å². The van der Waals surface area contributed by atoms with Crippen molar-refractivity contribution in [2.45, 2.75) is 44.8 Å². The predicted octanol–water partition coefficient (Wildman–Crippen LogP) is 2.96. The van der Waals surface area contributed by atoms with Gasteiger partial charge in [-0.05, 0) is 43.1 Å². The maximum Gasteiger partial charge on any atom is 0.225 e. The summed E-state index contributed by atoms with van der Waals surface area (Å²) in [5.41, 5.74) is 7.58. The van der Waals surface area contributed by atoms with Crippen molar-refractivity contribution in [3.63, 3.8) is 0 Å². The highest BCUT2D eigenvalue weighted by molar-refractivity contribution is 5.85. The van der Waals surface area contributed by atoms with Gasteiger partial charge in [-0.3, -0.25) is 4.79 Å². The molecule has 3 N–H and O–H groups in total. The molecule has 1 heterocycles. The lowest BCUT2D eigenvalue weighted by atomic mass is 9.84. The van der Waals surface area contributed by atoms with Crippen LogP contribution in [0.15, 0.2) is 42.7 Å². The van der Waals surface area contributed by atoms with E-state index < -0.39 is 0 Å². The summed E-state index contributed by atoms with van der Waals surface area (Å²) < 4.78 is 2.12. The van der Waals surface area contributed by atoms with Crippen LogP contribution in [0, 0.1) is 17.8 Å². The first-order chi connectivity index (χ1) is 12.2. The average molecular weight is 411 g/mol. The van der Waals surface area contributed by atoms with Crippen molar-refractivity contribution in [1.82, 2.24) is 14.9 Å². The molecule has 148 valence electrons. The molecule has 2 bridgehead atoms. The van der Waals surface area contributed by atoms with Crippen molar-refractivity contribution in [2.24, 2.45) is 23.5 Å². The Kier molecular flexibility index (Phi) is 7.71. The molecule has 1 aromatic carbocycles. The Morgan fingerprint density at radius 3 is 2.63 bits per heavy atom. The number of carbonyl (C=O) groups is 1. The van der Waals surface area contributed by atoms with Crippen LogP contribution in [0.25, 0.3) is 0 Å². The molecule has 0 radical (unpaired) electrons. The zero-order valence-electron chi connectivity index (χ0n) is 15.3. The van der Waals surface area contributed by atoms with Crippen molar-refractivity contribution < 1.29 is 4.79 Å². The number of imidazole rings is 1. The van der Waals surface area contributed by atoms with Gasteiger partial charge in [-0.25, -0.2) is 4.98 Å². The molecule has 0 spiro atoms. The highest BCUT2D eigenvalue weighted by Crippen LogP contribution is 2.47. The van der Waals surface area contributed by atoms with E-state index in [1.165, 1.54) is 12.0 Å². The minimum Gasteiger partial charge on any atom is -0.349 e. The third kappa shape index (κ3) is 4.65. The number of fused-ring (bicyclic) bond motifs is 2. The first-order valence-corrected chi connectivity index (χ1v) is 9.29. The molecular weight excluding hydrogens is 383 g/mol. The predicted molar refractivity (Wildman–Crippen MR) is 111 cm³/mol. The molecular formula is C20H28Cl2N4O. The molecule has 0 saturated heterocycles. The molecule has 1 aromatic heterocycles. The fourth-order valence-electron chi connectivity index (χ4n) is 4.61. The zero-order valence-corrected chi connectivity index (χ0v) is 16.9. The number of nitrogens with one attached hydrogen (secondary N) is 1. The topological polar surface area (TPSA) is 72.9 Å². The van der Waals surface area contributed by atoms with Crippen molar-refractivity contribution >= 4 is 30.7 Å². The van der Waals surface area contributed by atoms with E-state index in [0.717, 1.165) is 31.6 Å². The van der Waals surface area contributed by atoms with Crippen LogP contribution < -0.4 is 11.1 Å². The quantitative estimate of drug-likeness (QED) is 0.768. The number of benzene rings is 1. The van der Waals surface area contributed by atoms with E-state index in [0.29, 0.717) is 18.4 Å². The summed E-state index contributed by atoms with van der Waals surface area (Å²) in [6.07, 6.45) is 8.21. The van der Waals surface area contributed by atoms with Crippen molar-refractivity contribution in [3.05, 3.63) is 54.1 Å². The number of hydrogen-bond acceptors (Lipinski definition) is 3. The standard InChI is InChI=1S/C20H26N4O.2ClH/c21-19-16-7-6-15(12-16)18(19)20(25)23-13-17-22-9-11-24(17)10-8-14-4-2-1-3-5-14;;/h1-5,9,11,15-16,18-19H,6-8,10,12-13,21H2,(H,23,25);2*1H. The molecule has 2 fully saturated rings. The summed E-state index contributed by atoms with van der Waals surface area (Å²) in [7, 11) is 0. The third-order valence-electron chi connectivity index (χ3n) is 5.99. The molecule has 2 aromatic rings. The number of nitrogens with two attached hydrogens (primary N) is 1. The lowest BCUT2D eigenvalue weighted by molar-refractivity contribution is -0.127. The third-order valence-corrected chi connectivity index (χ3v) is 5.99. The molecule has 2 aliphatic carbocycles. The summed E-state index contributed by atoms with van der Waals surface area (Å²) in [6.45, 7) is 1.34. The van der Waals surface area contributed by atoms with Gasteiger partial charge in [-0.15, -0.1) is 24.8 Å². The zero-order chi connectivity index (χ0) is 17.2. The van der Waals surface area contributed by atoms with Gasteiger partial charge in [0.2, 0.25) is 5.91 Å². The van der Waals surface area contributed by atoms with Gasteiger partial charge < -0.3 is 15.6 Å². The number of carbonyl (C=O) groups excluding carboxylic acids is 1. The average Bonchev–Trinajstić information content (AvgIpc) is 3.35. The van der Waals surface area contributed by atoms with E-state index in [4.69, 9.17) is 5.73 Å². The van der Waals surface area contributed by atoms with Crippen molar-refractivity contribution in [3.8, 4) is 0 Å². The summed E-state index contributed by atoms with van der Waals surface area (Å²) in [5, 5.41) is 3.08. The van der Waals surface area contributed by atoms with Crippen LogP contribution in [-0.2, 0) is 24.3 Å². The summed E-state index contributed by atoms with van der Waals surface area (Å²) >= 11 is 0. The van der Waals surface area contributed by atoms with E-state index in [2.05, 4.69) is 39.1 Å². The van der Waals surface area contributed by atoms with E-state index >= 15 is 0 Å². The molecule has 1 amide bonds. The van der Waals surface area contributed by atoms with Crippen LogP contribution in [0.4, 0.5) is 0 Å². The van der Waals surface area contributed by atoms with Gasteiger partial charge in [-0.1, -0.05) is 30.3 Å². The molecule has 4 atom stereocenters. The number of rotatable bonds is 6. The number of aromatic nitrogens is 2. The molecule has 27 heavy (non-hydrogen) atoms. The number of hydrogen-bond donors (Lipinski definition) is 2. The van der Waals surface area contributed by atoms with Gasteiger partial charge >= 0.3 is 0 Å². The van der Waals surface area contributed by atoms with Crippen LogP contribution in [-0.4, -0.2) is 21.5 Å². The molecule has 2 aliphatic rings. The summed E-state index contributed by atoms with van der Waals surface area (Å²) in [5.74, 6) is 2.04. The highest BCUT2D eigenvalue weighted by atomic mass is 35.5. The second-order valence-electron chi connectivity index (χ2n) is 7.43. The first kappa shape index (κ1) is 21.7. The lowest BCUT2D eigenvalue weighted by Gasteiger charge is -2.27. The smallest absolute Gasteiger partial charge is 0.225 e. The molecule has 4 unspecified atom stereocenters. The van der Waals surface area contributed by atoms with Crippen LogP contribution in [0.5, 0.6) is 0 Å². The van der Waals surface area contributed by atoms with E-state index in [1.54, 1.807) is 6.20 Å². The fraction of sp³-hybridized carbons (Fsp3) is 0.500. The molecule has 5 nitrogen and oxygen atoms in total. The lowest BCUT2D eigenvalue weighted by Crippen LogP contribution is -2.45. The maximum absolute atomic E-state index is 12.6. The van der Waals surface area contributed by atoms with Crippen molar-refractivity contribution in [2.75, 3.05) is 0 Å². The normalized spacial score (nSPS) is 25.5. The van der Waals surface area contributed by atoms with E-state index in [9.17, 15) is 4.79 Å². The van der Waals surface area contributed by atoms with Gasteiger partial charge in [0.05, 0.1) is 12.5 Å². The molecule has 2 saturated carbocycles. The Morgan fingerprint density at radius 2 is 1.93 bits per heavy atom. The van der Waals surface area contributed by atoms with E-state index in [1.807, 2.05) is 12.3 Å². The minimum atomic E-state index is -0.00789. The van der Waals surface area contributed by atoms with Gasteiger partial charge in [0, 0.05) is 25.0 Å². The second kappa shape index (κ2) is 9.58. The highest BCUT2D eigenvalue weighted by Gasteiger charge is 2.48. The Labute approximate surface area is 172 Å². The first-order valence-electron chi connectivity index (χ1n) is 9.29. The van der Waals surface area contributed by atoms with Crippen molar-refractivity contribution in [1.29, 1.82) is 0 Å². The summed E-state index contributed by atoms with van der Waals surface area (Å²) in [4.78, 5) is 17.0. The monoisotopic (exact) mass is 410 g/mol. The van der Waals surface area contributed by atoms with Crippen LogP contribution in [0.1, 0.15) is 30.7 Å². The Balaban J connectivity index is 0.00000131. The Morgan fingerprint density at radius 1 is 1.19 bits per heavy atom.